The summed E-state index contributed by atoms with van der Waals surface area (Å²) in [5.74, 6) is -0.0767. The lowest BCUT2D eigenvalue weighted by molar-refractivity contribution is -0.0498. The summed E-state index contributed by atoms with van der Waals surface area (Å²) in [6, 6.07) is 8.30. The summed E-state index contributed by atoms with van der Waals surface area (Å²) in [6.45, 7) is -0.911. The van der Waals surface area contributed by atoms with Crippen LogP contribution in [0.4, 0.5) is 8.78 Å². The van der Waals surface area contributed by atoms with Gasteiger partial charge in [0.1, 0.15) is 5.75 Å². The Morgan fingerprint density at radius 1 is 1.33 bits per heavy atom. The third-order valence-electron chi connectivity index (χ3n) is 2.07. The van der Waals surface area contributed by atoms with Gasteiger partial charge in [0.15, 0.2) is 0 Å². The van der Waals surface area contributed by atoms with E-state index in [2.05, 4.69) is 10.8 Å². The average Bonchev–Trinajstić information content (AvgIpc) is 2.21. The van der Waals surface area contributed by atoms with Crippen LogP contribution in [0.5, 0.6) is 5.75 Å². The van der Waals surface area contributed by atoms with Crippen molar-refractivity contribution in [1.29, 1.82) is 5.26 Å². The van der Waals surface area contributed by atoms with E-state index in [0.717, 1.165) is 5.56 Å². The van der Waals surface area contributed by atoms with Crippen LogP contribution in [-0.4, -0.2) is 6.61 Å². The molecule has 1 atom stereocenters. The molecule has 4 heteroatoms. The summed E-state index contributed by atoms with van der Waals surface area (Å²) in [7, 11) is 0. The Kier molecular flexibility index (Phi) is 4.04. The summed E-state index contributed by atoms with van der Waals surface area (Å²) in [5, 5.41) is 8.79. The van der Waals surface area contributed by atoms with Crippen LogP contribution >= 0.6 is 0 Å². The quantitative estimate of drug-likeness (QED) is 0.765. The number of nitriles is 1. The van der Waals surface area contributed by atoms with E-state index in [1.54, 1.807) is 12.1 Å². The first-order chi connectivity index (χ1) is 7.17. The minimum Gasteiger partial charge on any atom is -0.435 e. The third-order valence-corrected chi connectivity index (χ3v) is 2.07. The second-order valence-electron chi connectivity index (χ2n) is 3.04. The van der Waals surface area contributed by atoms with Gasteiger partial charge in [-0.25, -0.2) is 0 Å². The Bertz CT molecular complexity index is 343. The first-order valence-corrected chi connectivity index (χ1v) is 4.61. The molecule has 80 valence electrons. The van der Waals surface area contributed by atoms with E-state index >= 15 is 0 Å². The number of benzene rings is 1. The fourth-order valence-electron chi connectivity index (χ4n) is 1.28. The Balaban J connectivity index is 2.76. The number of alkyl halides is 2. The van der Waals surface area contributed by atoms with Gasteiger partial charge in [-0.05, 0) is 24.1 Å². The van der Waals surface area contributed by atoms with Gasteiger partial charge in [-0.15, -0.1) is 0 Å². The highest BCUT2D eigenvalue weighted by Gasteiger charge is 2.08. The Hall–Kier alpha value is -1.63. The molecule has 0 aliphatic rings. The molecule has 0 spiro atoms. The van der Waals surface area contributed by atoms with Crippen LogP contribution in [0.25, 0.3) is 0 Å². The molecular weight excluding hydrogens is 200 g/mol. The molecule has 0 aromatic heterocycles. The lowest BCUT2D eigenvalue weighted by atomic mass is 9.98. The molecular formula is C11H11F2NO. The number of ether oxygens (including phenoxy) is 1. The molecule has 1 aromatic rings. The summed E-state index contributed by atoms with van der Waals surface area (Å²) in [6.07, 6.45) is 0.700. The Morgan fingerprint density at radius 2 is 1.93 bits per heavy atom. The van der Waals surface area contributed by atoms with Gasteiger partial charge in [0.25, 0.3) is 0 Å². The van der Waals surface area contributed by atoms with Crippen molar-refractivity contribution >= 4 is 0 Å². The van der Waals surface area contributed by atoms with E-state index < -0.39 is 6.61 Å². The highest BCUT2D eigenvalue weighted by Crippen LogP contribution is 2.22. The van der Waals surface area contributed by atoms with Crippen LogP contribution in [0, 0.1) is 11.3 Å². The Labute approximate surface area is 87.1 Å². The number of hydrogen-bond acceptors (Lipinski definition) is 2. The number of nitrogens with zero attached hydrogens (tertiary/aromatic N) is 1. The molecule has 1 rings (SSSR count). The lowest BCUT2D eigenvalue weighted by Crippen LogP contribution is -2.02. The zero-order valence-corrected chi connectivity index (χ0v) is 8.28. The third kappa shape index (κ3) is 3.21. The zero-order chi connectivity index (χ0) is 11.3. The molecule has 0 fully saturated rings. The van der Waals surface area contributed by atoms with Crippen molar-refractivity contribution in [3.63, 3.8) is 0 Å². The average molecular weight is 211 g/mol. The maximum atomic E-state index is 11.8. The van der Waals surface area contributed by atoms with Gasteiger partial charge in [0.2, 0.25) is 0 Å². The van der Waals surface area contributed by atoms with Crippen LogP contribution in [0.15, 0.2) is 24.3 Å². The van der Waals surface area contributed by atoms with Crippen molar-refractivity contribution in [3.8, 4) is 11.8 Å². The highest BCUT2D eigenvalue weighted by molar-refractivity contribution is 5.31. The molecule has 2 nitrogen and oxygen atoms in total. The van der Waals surface area contributed by atoms with Crippen molar-refractivity contribution in [2.75, 3.05) is 0 Å². The monoisotopic (exact) mass is 211 g/mol. The summed E-state index contributed by atoms with van der Waals surface area (Å²) < 4.78 is 27.9. The molecule has 0 aliphatic heterocycles. The van der Waals surface area contributed by atoms with Gasteiger partial charge in [-0.2, -0.15) is 14.0 Å². The van der Waals surface area contributed by atoms with Crippen LogP contribution in [0.2, 0.25) is 0 Å². The second kappa shape index (κ2) is 5.30. The van der Waals surface area contributed by atoms with Gasteiger partial charge in [-0.3, -0.25) is 0 Å². The molecule has 1 unspecified atom stereocenters. The topological polar surface area (TPSA) is 33.0 Å². The van der Waals surface area contributed by atoms with Gasteiger partial charge in [0, 0.05) is 0 Å². The normalized spacial score (nSPS) is 12.2. The smallest absolute Gasteiger partial charge is 0.387 e. The first kappa shape index (κ1) is 11.4. The molecule has 15 heavy (non-hydrogen) atoms. The number of hydrogen-bond donors (Lipinski definition) is 0. The molecule has 0 saturated carbocycles. The van der Waals surface area contributed by atoms with E-state index in [0.29, 0.717) is 6.42 Å². The fraction of sp³-hybridized carbons (Fsp3) is 0.364. The van der Waals surface area contributed by atoms with Gasteiger partial charge in [0.05, 0.1) is 12.0 Å². The van der Waals surface area contributed by atoms with E-state index in [-0.39, 0.29) is 11.7 Å². The van der Waals surface area contributed by atoms with Crippen LogP contribution < -0.4 is 4.74 Å². The molecule has 0 N–H and O–H groups in total. The molecule has 1 aromatic carbocycles. The summed E-state index contributed by atoms with van der Waals surface area (Å²) >= 11 is 0. The number of rotatable bonds is 4. The SMILES string of the molecule is CCC(C#N)c1ccc(OC(F)F)cc1. The van der Waals surface area contributed by atoms with Crippen molar-refractivity contribution < 1.29 is 13.5 Å². The molecule has 0 heterocycles. The van der Waals surface area contributed by atoms with Crippen molar-refractivity contribution in [2.24, 2.45) is 0 Å². The van der Waals surface area contributed by atoms with Gasteiger partial charge >= 0.3 is 6.61 Å². The van der Waals surface area contributed by atoms with Gasteiger partial charge < -0.3 is 4.74 Å². The van der Waals surface area contributed by atoms with E-state index in [9.17, 15) is 8.78 Å². The van der Waals surface area contributed by atoms with E-state index in [1.165, 1.54) is 12.1 Å². The predicted octanol–water partition coefficient (Wildman–Crippen LogP) is 3.31. The molecule has 0 amide bonds. The van der Waals surface area contributed by atoms with Crippen molar-refractivity contribution in [2.45, 2.75) is 25.9 Å². The predicted molar refractivity (Wildman–Crippen MR) is 51.7 cm³/mol. The minimum absolute atomic E-state index is 0.113. The van der Waals surface area contributed by atoms with Crippen molar-refractivity contribution in [1.82, 2.24) is 0 Å². The van der Waals surface area contributed by atoms with Gasteiger partial charge in [-0.1, -0.05) is 19.1 Å². The fourth-order valence-corrected chi connectivity index (χ4v) is 1.28. The molecule has 0 radical (unpaired) electrons. The van der Waals surface area contributed by atoms with E-state index in [4.69, 9.17) is 5.26 Å². The largest absolute Gasteiger partial charge is 0.435 e. The minimum atomic E-state index is -2.81. The first-order valence-electron chi connectivity index (χ1n) is 4.61. The van der Waals surface area contributed by atoms with Crippen LogP contribution in [0.1, 0.15) is 24.8 Å². The lowest BCUT2D eigenvalue weighted by Gasteiger charge is -2.08. The van der Waals surface area contributed by atoms with Crippen LogP contribution in [0.3, 0.4) is 0 Å². The van der Waals surface area contributed by atoms with Crippen molar-refractivity contribution in [3.05, 3.63) is 29.8 Å². The van der Waals surface area contributed by atoms with E-state index in [1.807, 2.05) is 6.92 Å². The second-order valence-corrected chi connectivity index (χ2v) is 3.04. The maximum Gasteiger partial charge on any atom is 0.387 e. The molecule has 0 saturated heterocycles. The molecule has 0 aliphatic carbocycles. The maximum absolute atomic E-state index is 11.8. The number of halogens is 2. The Morgan fingerprint density at radius 3 is 2.33 bits per heavy atom. The highest BCUT2D eigenvalue weighted by atomic mass is 19.3. The zero-order valence-electron chi connectivity index (χ0n) is 8.28. The molecule has 0 bridgehead atoms. The summed E-state index contributed by atoms with van der Waals surface area (Å²) in [4.78, 5) is 0. The van der Waals surface area contributed by atoms with Crippen LogP contribution in [-0.2, 0) is 0 Å². The standard InChI is InChI=1S/C11H11F2NO/c1-2-8(7-14)9-3-5-10(6-4-9)15-11(12)13/h3-6,8,11H,2H2,1H3. The summed E-state index contributed by atoms with van der Waals surface area (Å²) in [5.41, 5.74) is 0.821.